The van der Waals surface area contributed by atoms with Gasteiger partial charge in [0.2, 0.25) is 0 Å². The maximum atomic E-state index is 6.87. The van der Waals surface area contributed by atoms with Gasteiger partial charge in [0.25, 0.3) is 0 Å². The van der Waals surface area contributed by atoms with E-state index in [0.717, 1.165) is 5.56 Å². The minimum absolute atomic E-state index is 0.675. The fourth-order valence-corrected chi connectivity index (χ4v) is 1.05. The van der Waals surface area contributed by atoms with Gasteiger partial charge < -0.3 is 0 Å². The van der Waals surface area contributed by atoms with Crippen molar-refractivity contribution in [3.8, 4) is 0 Å². The van der Waals surface area contributed by atoms with Crippen LogP contribution in [0.1, 0.15) is 11.1 Å². The van der Waals surface area contributed by atoms with Crippen LogP contribution >= 0.6 is 0 Å². The summed E-state index contributed by atoms with van der Waals surface area (Å²) in [6.45, 7) is 5.63. The Morgan fingerprint density at radius 1 is 1.46 bits per heavy atom. The van der Waals surface area contributed by atoms with Gasteiger partial charge in [0, 0.05) is 0 Å². The standard InChI is InChI=1S/C11H12N2/c1-3-4-5-10-8-11(13-12)7-6-9(10)2/h3-8,12H,1H2,2H3/b5-4-,13-12?. The molecule has 0 fully saturated rings. The Morgan fingerprint density at radius 3 is 2.85 bits per heavy atom. The minimum Gasteiger partial charge on any atom is -0.204 e. The molecule has 1 N–H and O–H groups in total. The van der Waals surface area contributed by atoms with Crippen molar-refractivity contribution in [1.29, 1.82) is 5.53 Å². The third-order valence-corrected chi connectivity index (χ3v) is 1.80. The van der Waals surface area contributed by atoms with E-state index in [1.165, 1.54) is 5.56 Å². The van der Waals surface area contributed by atoms with Crippen molar-refractivity contribution in [3.05, 3.63) is 48.1 Å². The third kappa shape index (κ3) is 2.37. The molecule has 0 amide bonds. The Hall–Kier alpha value is -1.70. The fourth-order valence-electron chi connectivity index (χ4n) is 1.05. The highest BCUT2D eigenvalue weighted by Crippen LogP contribution is 2.18. The van der Waals surface area contributed by atoms with E-state index in [1.807, 2.05) is 37.3 Å². The fraction of sp³-hybridized carbons (Fsp3) is 0.0909. The van der Waals surface area contributed by atoms with E-state index in [0.29, 0.717) is 5.69 Å². The number of hydrogen-bond donors (Lipinski definition) is 1. The number of aryl methyl sites for hydroxylation is 1. The molecule has 1 aromatic carbocycles. The van der Waals surface area contributed by atoms with Gasteiger partial charge in [0.15, 0.2) is 0 Å². The van der Waals surface area contributed by atoms with Crippen LogP contribution in [0.15, 0.2) is 42.0 Å². The molecule has 2 heteroatoms. The van der Waals surface area contributed by atoms with E-state index < -0.39 is 0 Å². The molecule has 0 saturated carbocycles. The van der Waals surface area contributed by atoms with Gasteiger partial charge in [0.1, 0.15) is 0 Å². The van der Waals surface area contributed by atoms with Crippen molar-refractivity contribution in [2.24, 2.45) is 5.11 Å². The van der Waals surface area contributed by atoms with Crippen molar-refractivity contribution in [3.63, 3.8) is 0 Å². The summed E-state index contributed by atoms with van der Waals surface area (Å²) >= 11 is 0. The summed E-state index contributed by atoms with van der Waals surface area (Å²) in [5.41, 5.74) is 9.79. The Kier molecular flexibility index (Phi) is 3.15. The molecule has 0 aliphatic heterocycles. The van der Waals surface area contributed by atoms with Crippen LogP contribution in [0, 0.1) is 12.5 Å². The number of allylic oxidation sites excluding steroid dienone is 2. The van der Waals surface area contributed by atoms with Gasteiger partial charge in [-0.1, -0.05) is 30.9 Å². The minimum atomic E-state index is 0.675. The summed E-state index contributed by atoms with van der Waals surface area (Å²) in [5.74, 6) is 0. The maximum absolute atomic E-state index is 6.87. The zero-order chi connectivity index (χ0) is 9.68. The van der Waals surface area contributed by atoms with Gasteiger partial charge >= 0.3 is 0 Å². The zero-order valence-electron chi connectivity index (χ0n) is 7.62. The highest BCUT2D eigenvalue weighted by atomic mass is 15.0. The quantitative estimate of drug-likeness (QED) is 0.531. The number of rotatable bonds is 3. The van der Waals surface area contributed by atoms with Gasteiger partial charge in [-0.2, -0.15) is 5.11 Å². The second-order valence-corrected chi connectivity index (χ2v) is 2.75. The molecule has 0 spiro atoms. The largest absolute Gasteiger partial charge is 0.204 e. The Labute approximate surface area is 78.1 Å². The van der Waals surface area contributed by atoms with Crippen molar-refractivity contribution in [2.45, 2.75) is 6.92 Å². The summed E-state index contributed by atoms with van der Waals surface area (Å²) in [4.78, 5) is 0. The van der Waals surface area contributed by atoms with E-state index >= 15 is 0 Å². The lowest BCUT2D eigenvalue weighted by Gasteiger charge is -1.99. The van der Waals surface area contributed by atoms with Crippen LogP contribution < -0.4 is 0 Å². The Bertz CT molecular complexity index is 351. The highest BCUT2D eigenvalue weighted by Gasteiger charge is 1.95. The van der Waals surface area contributed by atoms with Gasteiger partial charge in [-0.05, 0) is 30.2 Å². The van der Waals surface area contributed by atoms with Gasteiger partial charge in [-0.15, -0.1) is 0 Å². The lowest BCUT2D eigenvalue weighted by molar-refractivity contribution is 1.14. The van der Waals surface area contributed by atoms with Crippen molar-refractivity contribution < 1.29 is 0 Å². The lowest BCUT2D eigenvalue weighted by atomic mass is 10.1. The van der Waals surface area contributed by atoms with E-state index in [9.17, 15) is 0 Å². The first kappa shape index (κ1) is 9.39. The first-order valence-corrected chi connectivity index (χ1v) is 4.05. The summed E-state index contributed by atoms with van der Waals surface area (Å²) in [5, 5.41) is 3.37. The summed E-state index contributed by atoms with van der Waals surface area (Å²) in [6, 6.07) is 5.66. The molecule has 0 saturated heterocycles. The molecule has 1 aromatic rings. The lowest BCUT2D eigenvalue weighted by Crippen LogP contribution is -1.78. The number of nitrogens with one attached hydrogen (secondary N) is 1. The predicted molar refractivity (Wildman–Crippen MR) is 55.2 cm³/mol. The van der Waals surface area contributed by atoms with Gasteiger partial charge in [-0.3, -0.25) is 0 Å². The molecule has 0 aliphatic carbocycles. The molecule has 1 rings (SSSR count). The van der Waals surface area contributed by atoms with E-state index in [4.69, 9.17) is 5.53 Å². The molecular formula is C11H12N2. The van der Waals surface area contributed by atoms with Gasteiger partial charge in [-0.25, -0.2) is 5.53 Å². The van der Waals surface area contributed by atoms with Crippen LogP contribution in [0.3, 0.4) is 0 Å². The highest BCUT2D eigenvalue weighted by molar-refractivity contribution is 5.59. The first-order chi connectivity index (χ1) is 6.27. The third-order valence-electron chi connectivity index (χ3n) is 1.80. The Morgan fingerprint density at radius 2 is 2.23 bits per heavy atom. The number of benzene rings is 1. The zero-order valence-corrected chi connectivity index (χ0v) is 7.62. The number of nitrogens with zero attached hydrogens (tertiary/aromatic N) is 1. The van der Waals surface area contributed by atoms with Crippen molar-refractivity contribution in [2.75, 3.05) is 0 Å². The first-order valence-electron chi connectivity index (χ1n) is 4.05. The molecule has 66 valence electrons. The van der Waals surface area contributed by atoms with E-state index in [2.05, 4.69) is 11.7 Å². The molecule has 0 bridgehead atoms. The van der Waals surface area contributed by atoms with Crippen LogP contribution in [-0.2, 0) is 0 Å². The molecule has 0 radical (unpaired) electrons. The summed E-state index contributed by atoms with van der Waals surface area (Å²) in [6.07, 6.45) is 5.55. The van der Waals surface area contributed by atoms with E-state index in [-0.39, 0.29) is 0 Å². The monoisotopic (exact) mass is 172 g/mol. The maximum Gasteiger partial charge on any atom is 0.0856 e. The molecule has 2 nitrogen and oxygen atoms in total. The van der Waals surface area contributed by atoms with Crippen LogP contribution in [0.4, 0.5) is 5.69 Å². The second kappa shape index (κ2) is 4.36. The molecule has 0 heterocycles. The van der Waals surface area contributed by atoms with E-state index in [1.54, 1.807) is 6.08 Å². The van der Waals surface area contributed by atoms with Crippen LogP contribution in [-0.4, -0.2) is 0 Å². The molecule has 0 unspecified atom stereocenters. The molecule has 0 aliphatic rings. The SMILES string of the molecule is C=C/C=C\c1cc(N=N)ccc1C. The normalized spacial score (nSPS) is 10.2. The molecule has 13 heavy (non-hydrogen) atoms. The van der Waals surface area contributed by atoms with Crippen LogP contribution in [0.5, 0.6) is 0 Å². The number of hydrogen-bond acceptors (Lipinski definition) is 2. The van der Waals surface area contributed by atoms with Crippen molar-refractivity contribution >= 4 is 11.8 Å². The smallest absolute Gasteiger partial charge is 0.0856 e. The topological polar surface area (TPSA) is 36.2 Å². The second-order valence-electron chi connectivity index (χ2n) is 2.75. The average Bonchev–Trinajstić information content (AvgIpc) is 2.17. The van der Waals surface area contributed by atoms with Crippen molar-refractivity contribution in [1.82, 2.24) is 0 Å². The Balaban J connectivity index is 3.10. The van der Waals surface area contributed by atoms with Crippen LogP contribution in [0.25, 0.3) is 6.08 Å². The average molecular weight is 172 g/mol. The molecular weight excluding hydrogens is 160 g/mol. The van der Waals surface area contributed by atoms with Gasteiger partial charge in [0.05, 0.1) is 5.69 Å². The molecule has 0 atom stereocenters. The summed E-state index contributed by atoms with van der Waals surface area (Å²) < 4.78 is 0. The molecule has 0 aromatic heterocycles. The van der Waals surface area contributed by atoms with Crippen LogP contribution in [0.2, 0.25) is 0 Å². The predicted octanol–water partition coefficient (Wildman–Crippen LogP) is 3.86. The summed E-state index contributed by atoms with van der Waals surface area (Å²) in [7, 11) is 0.